The number of hydrogen-bond acceptors (Lipinski definition) is 9. The van der Waals surface area contributed by atoms with Crippen LogP contribution in [0, 0.1) is 5.82 Å². The van der Waals surface area contributed by atoms with Crippen molar-refractivity contribution in [1.82, 2.24) is 30.5 Å². The van der Waals surface area contributed by atoms with Crippen LogP contribution in [0.4, 0.5) is 21.7 Å². The number of hydrogen-bond donors (Lipinski definition) is 3. The van der Waals surface area contributed by atoms with Crippen LogP contribution in [0.25, 0.3) is 22.6 Å². The minimum absolute atomic E-state index is 0.218. The summed E-state index contributed by atoms with van der Waals surface area (Å²) >= 11 is 0. The van der Waals surface area contributed by atoms with Crippen LogP contribution < -0.4 is 10.7 Å². The van der Waals surface area contributed by atoms with Crippen LogP contribution in [0.2, 0.25) is 0 Å². The van der Waals surface area contributed by atoms with Crippen LogP contribution >= 0.6 is 0 Å². The molecule has 0 fully saturated rings. The summed E-state index contributed by atoms with van der Waals surface area (Å²) in [6.07, 6.45) is 3.28. The molecule has 0 saturated heterocycles. The summed E-state index contributed by atoms with van der Waals surface area (Å²) < 4.78 is 17.9. The fourth-order valence-corrected chi connectivity index (χ4v) is 2.87. The number of nitrogens with one attached hydrogen (secondary N) is 3. The molecule has 3 aromatic heterocycles. The molecule has 0 aliphatic heterocycles. The molecule has 0 saturated carbocycles. The molecule has 152 valence electrons. The second-order valence-corrected chi connectivity index (χ2v) is 6.40. The third-order valence-corrected chi connectivity index (χ3v) is 4.33. The van der Waals surface area contributed by atoms with Crippen LogP contribution in [-0.2, 0) is 0 Å². The zero-order chi connectivity index (χ0) is 21.0. The van der Waals surface area contributed by atoms with Crippen LogP contribution in [0.5, 0.6) is 0 Å². The molecule has 3 N–H and O–H groups in total. The quantitative estimate of drug-likeness (QED) is 0.282. The molecule has 11 heteroatoms. The molecule has 0 unspecified atom stereocenters. The maximum atomic E-state index is 13.2. The van der Waals surface area contributed by atoms with Crippen molar-refractivity contribution in [2.45, 2.75) is 0 Å². The lowest BCUT2D eigenvalue weighted by atomic mass is 10.1. The summed E-state index contributed by atoms with van der Waals surface area (Å²) in [5.41, 5.74) is 6.50. The van der Waals surface area contributed by atoms with Crippen molar-refractivity contribution in [2.75, 3.05) is 10.7 Å². The minimum atomic E-state index is -0.343. The number of fused-ring (bicyclic) bond motifs is 1. The molecule has 31 heavy (non-hydrogen) atoms. The Morgan fingerprint density at radius 2 is 1.68 bits per heavy atom. The second-order valence-electron chi connectivity index (χ2n) is 6.40. The fraction of sp³-hybridized carbons (Fsp3) is 0. The van der Waals surface area contributed by atoms with Gasteiger partial charge in [0.15, 0.2) is 11.6 Å². The van der Waals surface area contributed by atoms with E-state index in [-0.39, 0.29) is 22.9 Å². The van der Waals surface area contributed by atoms with Crippen LogP contribution in [0.1, 0.15) is 5.56 Å². The smallest absolute Gasteiger partial charge is 0.245 e. The van der Waals surface area contributed by atoms with Crippen molar-refractivity contribution >= 4 is 34.8 Å². The maximum absolute atomic E-state index is 13.2. The largest absolute Gasteiger partial charge is 0.337 e. The Morgan fingerprint density at radius 3 is 2.45 bits per heavy atom. The normalized spacial score (nSPS) is 11.3. The zero-order valence-electron chi connectivity index (χ0n) is 15.8. The molecular formula is C20H14FN9O. The number of H-pyrrole nitrogens is 1. The number of rotatable bonds is 6. The fourth-order valence-electron chi connectivity index (χ4n) is 2.87. The van der Waals surface area contributed by atoms with E-state index >= 15 is 0 Å². The van der Waals surface area contributed by atoms with E-state index in [2.05, 4.69) is 51.0 Å². The number of anilines is 3. The van der Waals surface area contributed by atoms with Gasteiger partial charge < -0.3 is 5.32 Å². The number of hydrazone groups is 1. The summed E-state index contributed by atoms with van der Waals surface area (Å²) in [5, 5.41) is 21.8. The van der Waals surface area contributed by atoms with Gasteiger partial charge >= 0.3 is 0 Å². The van der Waals surface area contributed by atoms with Crippen LogP contribution in [-0.4, -0.2) is 36.7 Å². The molecule has 3 heterocycles. The molecule has 5 aromatic rings. The number of benzene rings is 2. The first-order valence-electron chi connectivity index (χ1n) is 9.17. The lowest BCUT2D eigenvalue weighted by Gasteiger charge is -2.09. The molecule has 0 spiro atoms. The third-order valence-electron chi connectivity index (χ3n) is 4.33. The molecule has 0 radical (unpaired) electrons. The highest BCUT2D eigenvalue weighted by Crippen LogP contribution is 2.24. The standard InChI is InChI=1S/C20H14FN9O/c21-14-6-8-15(9-7-14)24-17-18(26-20-19(25-17)29-31-30-20)28-23-11-13-10-22-27-16(13)12-4-2-1-3-5-12/h1-11H,(H,22,27)(H,24,25,29)(H,26,28,30). The summed E-state index contributed by atoms with van der Waals surface area (Å²) in [6.45, 7) is 0. The maximum Gasteiger partial charge on any atom is 0.245 e. The molecular weight excluding hydrogens is 401 g/mol. The Bertz CT molecular complexity index is 1350. The van der Waals surface area contributed by atoms with E-state index in [0.29, 0.717) is 11.5 Å². The first-order valence-corrected chi connectivity index (χ1v) is 9.17. The lowest BCUT2D eigenvalue weighted by molar-refractivity contribution is 0.314. The average molecular weight is 415 g/mol. The van der Waals surface area contributed by atoms with Gasteiger partial charge in [0.2, 0.25) is 11.3 Å². The van der Waals surface area contributed by atoms with E-state index in [9.17, 15) is 4.39 Å². The van der Waals surface area contributed by atoms with Gasteiger partial charge in [-0.2, -0.15) is 15.2 Å². The lowest BCUT2D eigenvalue weighted by Crippen LogP contribution is -2.03. The molecule has 5 rings (SSSR count). The van der Waals surface area contributed by atoms with Crippen molar-refractivity contribution < 1.29 is 9.02 Å². The van der Waals surface area contributed by atoms with Gasteiger partial charge in [-0.05, 0) is 34.6 Å². The van der Waals surface area contributed by atoms with E-state index < -0.39 is 0 Å². The van der Waals surface area contributed by atoms with Gasteiger partial charge in [0.25, 0.3) is 0 Å². The Kier molecular flexibility index (Phi) is 4.73. The Labute approximate surface area is 174 Å². The SMILES string of the molecule is Fc1ccc(Nc2nc3nonc3nc2NN=Cc2cn[nH]c2-c2ccccc2)cc1. The van der Waals surface area contributed by atoms with Gasteiger partial charge in [0, 0.05) is 16.8 Å². The first-order chi connectivity index (χ1) is 15.3. The Hall–Kier alpha value is -4.67. The van der Waals surface area contributed by atoms with E-state index in [0.717, 1.165) is 16.8 Å². The highest BCUT2D eigenvalue weighted by Gasteiger charge is 2.13. The van der Waals surface area contributed by atoms with Crippen LogP contribution in [0.3, 0.4) is 0 Å². The molecule has 0 aliphatic carbocycles. The molecule has 2 aromatic carbocycles. The van der Waals surface area contributed by atoms with Gasteiger partial charge in [-0.25, -0.2) is 14.0 Å². The molecule has 0 aliphatic rings. The van der Waals surface area contributed by atoms with Crippen molar-refractivity contribution in [3.05, 3.63) is 72.2 Å². The summed E-state index contributed by atoms with van der Waals surface area (Å²) in [6, 6.07) is 15.6. The minimum Gasteiger partial charge on any atom is -0.337 e. The van der Waals surface area contributed by atoms with Gasteiger partial charge in [0.05, 0.1) is 18.1 Å². The second kappa shape index (κ2) is 7.99. The van der Waals surface area contributed by atoms with Crippen molar-refractivity contribution in [3.8, 4) is 11.3 Å². The highest BCUT2D eigenvalue weighted by atomic mass is 19.1. The first kappa shape index (κ1) is 18.4. The number of halogens is 1. The van der Waals surface area contributed by atoms with E-state index in [1.165, 1.54) is 12.1 Å². The van der Waals surface area contributed by atoms with Gasteiger partial charge in [0.1, 0.15) is 5.82 Å². The summed E-state index contributed by atoms with van der Waals surface area (Å²) in [7, 11) is 0. The number of aromatic nitrogens is 6. The van der Waals surface area contributed by atoms with Crippen LogP contribution in [0.15, 0.2) is 70.5 Å². The Balaban J connectivity index is 1.42. The number of nitrogens with zero attached hydrogens (tertiary/aromatic N) is 6. The van der Waals surface area contributed by atoms with Gasteiger partial charge in [-0.1, -0.05) is 30.3 Å². The monoisotopic (exact) mass is 415 g/mol. The van der Waals surface area contributed by atoms with Gasteiger partial charge in [-0.15, -0.1) is 0 Å². The van der Waals surface area contributed by atoms with Crippen molar-refractivity contribution in [2.24, 2.45) is 5.10 Å². The van der Waals surface area contributed by atoms with E-state index in [1.807, 2.05) is 30.3 Å². The highest BCUT2D eigenvalue weighted by molar-refractivity contribution is 5.89. The molecule has 0 amide bonds. The summed E-state index contributed by atoms with van der Waals surface area (Å²) in [5.74, 6) is 0.265. The van der Waals surface area contributed by atoms with Gasteiger partial charge in [-0.3, -0.25) is 10.5 Å². The van der Waals surface area contributed by atoms with Crippen molar-refractivity contribution in [1.29, 1.82) is 0 Å². The summed E-state index contributed by atoms with van der Waals surface area (Å²) in [4.78, 5) is 8.68. The average Bonchev–Trinajstić information content (AvgIpc) is 3.45. The predicted molar refractivity (Wildman–Crippen MR) is 112 cm³/mol. The molecule has 0 bridgehead atoms. The van der Waals surface area contributed by atoms with E-state index in [1.54, 1.807) is 24.5 Å². The zero-order valence-corrected chi connectivity index (χ0v) is 15.8. The third kappa shape index (κ3) is 3.92. The topological polar surface area (TPSA) is 130 Å². The van der Waals surface area contributed by atoms with Crippen molar-refractivity contribution in [3.63, 3.8) is 0 Å². The predicted octanol–water partition coefficient (Wildman–Crippen LogP) is 3.73. The molecule has 0 atom stereocenters. The van der Waals surface area contributed by atoms with E-state index in [4.69, 9.17) is 0 Å². The molecule has 10 nitrogen and oxygen atoms in total. The number of aromatic amines is 1. The Morgan fingerprint density at radius 1 is 0.935 bits per heavy atom.